The number of nitrogens with zero attached hydrogens (tertiary/aromatic N) is 1. The van der Waals surface area contributed by atoms with Crippen molar-refractivity contribution in [3.05, 3.63) is 36.0 Å². The maximum atomic E-state index is 10.9. The van der Waals surface area contributed by atoms with E-state index in [-0.39, 0.29) is 11.5 Å². The van der Waals surface area contributed by atoms with Gasteiger partial charge in [-0.25, -0.2) is 0 Å². The van der Waals surface area contributed by atoms with Gasteiger partial charge < -0.3 is 16.8 Å². The number of nitrogens with two attached hydrogens (primary N) is 2. The number of para-hydroxylation sites is 1. The molecule has 0 radical (unpaired) electrons. The number of hydrogen-bond acceptors (Lipinski definition) is 4. The lowest BCUT2D eigenvalue weighted by Crippen LogP contribution is -2.23. The number of anilines is 1. The number of rotatable bonds is 4. The van der Waals surface area contributed by atoms with E-state index in [9.17, 15) is 4.79 Å². The van der Waals surface area contributed by atoms with Gasteiger partial charge >= 0.3 is 0 Å². The van der Waals surface area contributed by atoms with Gasteiger partial charge in [0, 0.05) is 11.6 Å². The number of thiocarbonyl (C=S) groups is 1. The van der Waals surface area contributed by atoms with Crippen LogP contribution in [0.5, 0.6) is 0 Å². The summed E-state index contributed by atoms with van der Waals surface area (Å²) in [6.45, 7) is 0.0175. The van der Waals surface area contributed by atoms with Crippen LogP contribution in [0.1, 0.15) is 5.56 Å². The number of carbonyl (C=O) groups is 1. The molecule has 5 nitrogen and oxygen atoms in total. The normalized spacial score (nSPS) is 10.2. The number of nitrogens with one attached hydrogen (secondary N) is 1. The van der Waals surface area contributed by atoms with Crippen LogP contribution in [0.3, 0.4) is 0 Å². The van der Waals surface area contributed by atoms with Crippen LogP contribution in [-0.2, 0) is 4.79 Å². The molecule has 18 heavy (non-hydrogen) atoms. The highest BCUT2D eigenvalue weighted by atomic mass is 32.1. The van der Waals surface area contributed by atoms with Crippen molar-refractivity contribution in [1.29, 1.82) is 0 Å². The first kappa shape index (κ1) is 12.3. The van der Waals surface area contributed by atoms with Crippen LogP contribution < -0.4 is 16.8 Å². The van der Waals surface area contributed by atoms with Crippen molar-refractivity contribution in [2.24, 2.45) is 11.5 Å². The van der Waals surface area contributed by atoms with Crippen molar-refractivity contribution in [2.75, 3.05) is 11.9 Å². The van der Waals surface area contributed by atoms with Crippen LogP contribution in [0, 0.1) is 0 Å². The van der Waals surface area contributed by atoms with Crippen LogP contribution in [-0.4, -0.2) is 22.4 Å². The first-order valence-electron chi connectivity index (χ1n) is 5.29. The minimum atomic E-state index is -0.454. The number of benzene rings is 1. The quantitative estimate of drug-likeness (QED) is 0.706. The summed E-state index contributed by atoms with van der Waals surface area (Å²) >= 11 is 4.97. The van der Waals surface area contributed by atoms with Gasteiger partial charge in [-0.15, -0.1) is 0 Å². The summed E-state index contributed by atoms with van der Waals surface area (Å²) in [5, 5.41) is 3.81. The molecule has 6 heteroatoms. The Morgan fingerprint density at radius 2 is 2.06 bits per heavy atom. The summed E-state index contributed by atoms with van der Waals surface area (Å²) in [4.78, 5) is 15.4. The van der Waals surface area contributed by atoms with E-state index in [4.69, 9.17) is 23.7 Å². The van der Waals surface area contributed by atoms with Crippen LogP contribution in [0.4, 0.5) is 5.69 Å². The number of pyridine rings is 1. The molecule has 0 atom stereocenters. The van der Waals surface area contributed by atoms with E-state index in [0.29, 0.717) is 11.3 Å². The number of fused-ring (bicyclic) bond motifs is 1. The van der Waals surface area contributed by atoms with Gasteiger partial charge in [-0.05, 0) is 6.07 Å². The number of aromatic nitrogens is 1. The van der Waals surface area contributed by atoms with E-state index in [1.54, 1.807) is 6.20 Å². The third-order valence-corrected chi connectivity index (χ3v) is 2.70. The van der Waals surface area contributed by atoms with Gasteiger partial charge in [0.25, 0.3) is 0 Å². The van der Waals surface area contributed by atoms with Crippen LogP contribution in [0.25, 0.3) is 10.9 Å². The summed E-state index contributed by atoms with van der Waals surface area (Å²) in [6, 6.07) is 7.51. The maximum absolute atomic E-state index is 10.9. The molecule has 0 aliphatic heterocycles. The predicted molar refractivity (Wildman–Crippen MR) is 75.3 cm³/mol. The molecule has 1 amide bonds. The maximum Gasteiger partial charge on any atom is 0.236 e. The molecule has 0 bridgehead atoms. The summed E-state index contributed by atoms with van der Waals surface area (Å²) < 4.78 is 0. The highest BCUT2D eigenvalue weighted by Gasteiger charge is 2.10. The fraction of sp³-hybridized carbons (Fsp3) is 0.0833. The zero-order valence-electron chi connectivity index (χ0n) is 9.51. The number of primary amides is 1. The molecule has 1 heterocycles. The van der Waals surface area contributed by atoms with Crippen LogP contribution >= 0.6 is 12.2 Å². The van der Waals surface area contributed by atoms with Crippen molar-refractivity contribution in [1.82, 2.24) is 4.98 Å². The molecule has 2 aromatic rings. The smallest absolute Gasteiger partial charge is 0.236 e. The molecule has 92 valence electrons. The second-order valence-corrected chi connectivity index (χ2v) is 4.19. The molecular formula is C12H12N4OS. The molecule has 0 fully saturated rings. The van der Waals surface area contributed by atoms with E-state index in [2.05, 4.69) is 10.3 Å². The minimum absolute atomic E-state index is 0.0175. The van der Waals surface area contributed by atoms with E-state index < -0.39 is 5.91 Å². The predicted octanol–water partition coefficient (Wildman–Crippen LogP) is 0.766. The summed E-state index contributed by atoms with van der Waals surface area (Å²) in [5.74, 6) is -0.454. The van der Waals surface area contributed by atoms with Crippen LogP contribution in [0.15, 0.2) is 30.5 Å². The Labute approximate surface area is 109 Å². The van der Waals surface area contributed by atoms with E-state index in [1.807, 2.05) is 24.3 Å². The first-order valence-corrected chi connectivity index (χ1v) is 5.70. The molecule has 2 rings (SSSR count). The van der Waals surface area contributed by atoms with E-state index in [0.717, 1.165) is 10.9 Å². The standard InChI is InChI=1S/C12H12N4OS/c13-10(17)6-16-11-7-3-1-2-4-9(7)15-5-8(11)12(14)18/h1-5H,6H2,(H2,13,17)(H2,14,18)(H,15,16). The van der Waals surface area contributed by atoms with E-state index >= 15 is 0 Å². The lowest BCUT2D eigenvalue weighted by Gasteiger charge is -2.12. The van der Waals surface area contributed by atoms with Gasteiger partial charge in [0.1, 0.15) is 4.99 Å². The van der Waals surface area contributed by atoms with Gasteiger partial charge in [-0.1, -0.05) is 30.4 Å². The molecule has 1 aromatic heterocycles. The summed E-state index contributed by atoms with van der Waals surface area (Å²) in [5.41, 5.74) is 12.9. The zero-order valence-corrected chi connectivity index (χ0v) is 10.3. The topological polar surface area (TPSA) is 94.0 Å². The average Bonchev–Trinajstić information content (AvgIpc) is 2.35. The number of amides is 1. The Hall–Kier alpha value is -2.21. The lowest BCUT2D eigenvalue weighted by atomic mass is 10.1. The van der Waals surface area contributed by atoms with Crippen molar-refractivity contribution < 1.29 is 4.79 Å². The van der Waals surface area contributed by atoms with Gasteiger partial charge in [0.05, 0.1) is 23.3 Å². The molecule has 5 N–H and O–H groups in total. The van der Waals surface area contributed by atoms with Gasteiger partial charge in [-0.3, -0.25) is 9.78 Å². The fourth-order valence-electron chi connectivity index (χ4n) is 1.69. The van der Waals surface area contributed by atoms with Crippen molar-refractivity contribution in [3.63, 3.8) is 0 Å². The Kier molecular flexibility index (Phi) is 3.38. The number of carbonyl (C=O) groups excluding carboxylic acids is 1. The Morgan fingerprint density at radius 1 is 1.33 bits per heavy atom. The largest absolute Gasteiger partial charge is 0.389 e. The molecule has 0 aliphatic carbocycles. The lowest BCUT2D eigenvalue weighted by molar-refractivity contribution is -0.116. The molecular weight excluding hydrogens is 248 g/mol. The second kappa shape index (κ2) is 4.97. The van der Waals surface area contributed by atoms with E-state index in [1.165, 1.54) is 0 Å². The molecule has 0 aliphatic rings. The third-order valence-electron chi connectivity index (χ3n) is 2.48. The molecule has 0 saturated heterocycles. The summed E-state index contributed by atoms with van der Waals surface area (Å²) in [7, 11) is 0. The SMILES string of the molecule is NC(=O)CNc1c(C(N)=S)cnc2ccccc12. The molecule has 0 unspecified atom stereocenters. The highest BCUT2D eigenvalue weighted by Crippen LogP contribution is 2.25. The van der Waals surface area contributed by atoms with Crippen molar-refractivity contribution in [3.8, 4) is 0 Å². The van der Waals surface area contributed by atoms with Crippen LogP contribution in [0.2, 0.25) is 0 Å². The second-order valence-electron chi connectivity index (χ2n) is 3.75. The molecule has 0 spiro atoms. The van der Waals surface area contributed by atoms with Gasteiger partial charge in [0.2, 0.25) is 5.91 Å². The molecule has 1 aromatic carbocycles. The number of hydrogen-bond donors (Lipinski definition) is 3. The zero-order chi connectivity index (χ0) is 13.1. The first-order chi connectivity index (χ1) is 8.59. The average molecular weight is 260 g/mol. The molecule has 0 saturated carbocycles. The highest BCUT2D eigenvalue weighted by molar-refractivity contribution is 7.80. The Morgan fingerprint density at radius 3 is 2.72 bits per heavy atom. The van der Waals surface area contributed by atoms with Gasteiger partial charge in [0.15, 0.2) is 0 Å². The van der Waals surface area contributed by atoms with Crippen molar-refractivity contribution >= 4 is 39.7 Å². The minimum Gasteiger partial charge on any atom is -0.389 e. The monoisotopic (exact) mass is 260 g/mol. The Bertz CT molecular complexity index is 627. The Balaban J connectivity index is 2.58. The van der Waals surface area contributed by atoms with Gasteiger partial charge in [-0.2, -0.15) is 0 Å². The summed E-state index contributed by atoms with van der Waals surface area (Å²) in [6.07, 6.45) is 1.59. The fourth-order valence-corrected chi connectivity index (χ4v) is 1.85. The third kappa shape index (κ3) is 2.38. The van der Waals surface area contributed by atoms with Crippen molar-refractivity contribution in [2.45, 2.75) is 0 Å².